The van der Waals surface area contributed by atoms with E-state index < -0.39 is 0 Å². The zero-order valence-electron chi connectivity index (χ0n) is 23.9. The fourth-order valence-corrected chi connectivity index (χ4v) is 6.73. The van der Waals surface area contributed by atoms with Gasteiger partial charge in [0.25, 0.3) is 0 Å². The summed E-state index contributed by atoms with van der Waals surface area (Å²) in [6.07, 6.45) is 1.65. The molecule has 2 aliphatic heterocycles. The van der Waals surface area contributed by atoms with E-state index in [-0.39, 0.29) is 17.4 Å². The number of piperidine rings is 1. The van der Waals surface area contributed by atoms with Crippen LogP contribution in [-0.2, 0) is 17.8 Å². The van der Waals surface area contributed by atoms with E-state index in [1.807, 2.05) is 46.6 Å². The van der Waals surface area contributed by atoms with Gasteiger partial charge in [-0.1, -0.05) is 6.07 Å². The number of benzene rings is 2. The second kappa shape index (κ2) is 10.1. The highest BCUT2D eigenvalue weighted by atomic mass is 16.5. The van der Waals surface area contributed by atoms with Crippen LogP contribution in [0.2, 0.25) is 0 Å². The number of H-pyrrole nitrogens is 1. The molecule has 5 heterocycles. The number of hydrogen-bond donors (Lipinski definition) is 1. The molecular formula is C30H36N8O3. The maximum Gasteiger partial charge on any atom is 0.329 e. The summed E-state index contributed by atoms with van der Waals surface area (Å²) in [7, 11) is 0. The number of fused-ring (bicyclic) bond motifs is 3. The van der Waals surface area contributed by atoms with Gasteiger partial charge in [-0.2, -0.15) is 0 Å². The number of hydrogen-bond acceptors (Lipinski definition) is 7. The van der Waals surface area contributed by atoms with E-state index in [4.69, 9.17) is 14.9 Å². The van der Waals surface area contributed by atoms with E-state index in [1.54, 1.807) is 0 Å². The van der Waals surface area contributed by atoms with Crippen LogP contribution in [0.3, 0.4) is 0 Å². The number of anilines is 2. The van der Waals surface area contributed by atoms with E-state index >= 15 is 0 Å². The first-order valence-corrected chi connectivity index (χ1v) is 14.7. The van der Waals surface area contributed by atoms with Crippen LogP contribution in [0.4, 0.5) is 11.6 Å². The van der Waals surface area contributed by atoms with Gasteiger partial charge in [0, 0.05) is 56.1 Å². The Hall–Kier alpha value is -4.12. The number of aromatic nitrogens is 6. The van der Waals surface area contributed by atoms with Gasteiger partial charge in [-0.25, -0.2) is 9.59 Å². The summed E-state index contributed by atoms with van der Waals surface area (Å²) in [6.45, 7) is 11.6. The second-order valence-electron chi connectivity index (χ2n) is 11.1. The lowest BCUT2D eigenvalue weighted by Gasteiger charge is -2.34. The Morgan fingerprint density at radius 3 is 2.00 bits per heavy atom. The lowest BCUT2D eigenvalue weighted by molar-refractivity contribution is 0.122. The Bertz CT molecular complexity index is 1880. The Balaban J connectivity index is 1.30. The van der Waals surface area contributed by atoms with Gasteiger partial charge >= 0.3 is 11.4 Å². The van der Waals surface area contributed by atoms with E-state index in [9.17, 15) is 9.59 Å². The number of nitrogens with zero attached hydrogens (tertiary/aromatic N) is 7. The fraction of sp³-hybridized carbons (Fsp3) is 0.467. The summed E-state index contributed by atoms with van der Waals surface area (Å²) in [5.74, 6) is 1.67. The van der Waals surface area contributed by atoms with Crippen molar-refractivity contribution in [3.8, 4) is 0 Å². The summed E-state index contributed by atoms with van der Waals surface area (Å²) in [6, 6.07) is 10.5. The minimum Gasteiger partial charge on any atom is -0.378 e. The number of ether oxygens (including phenoxy) is 1. The van der Waals surface area contributed by atoms with Crippen molar-refractivity contribution < 1.29 is 4.74 Å². The van der Waals surface area contributed by atoms with Crippen LogP contribution in [0.25, 0.3) is 32.8 Å². The minimum absolute atomic E-state index is 0.0101. The highest BCUT2D eigenvalue weighted by Crippen LogP contribution is 2.36. The molecule has 2 saturated heterocycles. The Labute approximate surface area is 236 Å². The molecular weight excluding hydrogens is 520 g/mol. The van der Waals surface area contributed by atoms with E-state index in [1.165, 1.54) is 0 Å². The number of rotatable bonds is 5. The van der Waals surface area contributed by atoms with Gasteiger partial charge in [-0.05, 0) is 63.4 Å². The molecule has 2 aliphatic rings. The lowest BCUT2D eigenvalue weighted by atomic mass is 10.0. The molecule has 0 bridgehead atoms. The number of aromatic amines is 1. The molecule has 0 unspecified atom stereocenters. The van der Waals surface area contributed by atoms with Crippen molar-refractivity contribution in [1.29, 1.82) is 0 Å². The predicted molar refractivity (Wildman–Crippen MR) is 161 cm³/mol. The van der Waals surface area contributed by atoms with E-state index in [2.05, 4.69) is 33.0 Å². The molecule has 1 N–H and O–H groups in total. The number of morpholine rings is 1. The molecule has 11 nitrogen and oxygen atoms in total. The summed E-state index contributed by atoms with van der Waals surface area (Å²) in [5.41, 5.74) is 4.78. The highest BCUT2D eigenvalue weighted by Gasteiger charge is 2.28. The molecule has 0 aliphatic carbocycles. The molecule has 214 valence electrons. The quantitative estimate of drug-likeness (QED) is 0.354. The molecule has 41 heavy (non-hydrogen) atoms. The largest absolute Gasteiger partial charge is 0.378 e. The van der Waals surface area contributed by atoms with Gasteiger partial charge in [0.05, 0.1) is 35.3 Å². The van der Waals surface area contributed by atoms with Crippen molar-refractivity contribution in [2.45, 2.75) is 52.7 Å². The van der Waals surface area contributed by atoms with Gasteiger partial charge in [0.1, 0.15) is 0 Å². The summed E-state index contributed by atoms with van der Waals surface area (Å²) in [4.78, 5) is 33.7. The lowest BCUT2D eigenvalue weighted by Crippen LogP contribution is -2.38. The average molecular weight is 557 g/mol. The van der Waals surface area contributed by atoms with Crippen LogP contribution in [0.15, 0.2) is 39.9 Å². The normalized spacial score (nSPS) is 17.0. The zero-order valence-corrected chi connectivity index (χ0v) is 23.9. The van der Waals surface area contributed by atoms with Crippen molar-refractivity contribution in [2.24, 2.45) is 0 Å². The minimum atomic E-state index is -0.0514. The summed E-state index contributed by atoms with van der Waals surface area (Å²) in [5, 5.41) is 11.6. The topological polar surface area (TPSA) is 106 Å². The maximum atomic E-state index is 13.2. The first-order chi connectivity index (χ1) is 20.0. The number of imidazole rings is 2. The zero-order chi connectivity index (χ0) is 28.2. The molecule has 11 heteroatoms. The van der Waals surface area contributed by atoms with Crippen LogP contribution in [-0.4, -0.2) is 68.3 Å². The fourth-order valence-electron chi connectivity index (χ4n) is 6.73. The van der Waals surface area contributed by atoms with Gasteiger partial charge in [0.15, 0.2) is 11.6 Å². The molecule has 5 aromatic rings. The first kappa shape index (κ1) is 25.8. The predicted octanol–water partition coefficient (Wildman–Crippen LogP) is 3.42. The first-order valence-electron chi connectivity index (χ1n) is 14.7. The van der Waals surface area contributed by atoms with Gasteiger partial charge < -0.3 is 19.5 Å². The van der Waals surface area contributed by atoms with Crippen molar-refractivity contribution in [2.75, 3.05) is 49.2 Å². The standard InChI is InChI=1S/C30H36N8O3/c1-4-36-25-17-21-22(18-26(25)37(5-2)30(36)40)28(35-12-14-41-15-13-35)33-32-27(21)34-10-8-20(9-11-34)38-24-7-6-19(3)16-23(24)31-29(38)39/h6-7,16-18,20H,4-5,8-15H2,1-3H3,(H,31,39). The van der Waals surface area contributed by atoms with Crippen molar-refractivity contribution in [3.05, 3.63) is 56.9 Å². The maximum absolute atomic E-state index is 13.2. The summed E-state index contributed by atoms with van der Waals surface area (Å²) >= 11 is 0. The highest BCUT2D eigenvalue weighted by molar-refractivity contribution is 6.05. The molecule has 0 spiro atoms. The number of aryl methyl sites for hydroxylation is 3. The van der Waals surface area contributed by atoms with Gasteiger partial charge in [0.2, 0.25) is 0 Å². The van der Waals surface area contributed by atoms with Crippen molar-refractivity contribution in [1.82, 2.24) is 28.9 Å². The van der Waals surface area contributed by atoms with Crippen LogP contribution >= 0.6 is 0 Å². The molecule has 2 fully saturated rings. The third-order valence-corrected chi connectivity index (χ3v) is 8.82. The number of nitrogens with one attached hydrogen (secondary N) is 1. The van der Waals surface area contributed by atoms with Crippen molar-refractivity contribution in [3.63, 3.8) is 0 Å². The molecule has 0 amide bonds. The van der Waals surface area contributed by atoms with E-state index in [0.717, 1.165) is 89.1 Å². The van der Waals surface area contributed by atoms with Crippen molar-refractivity contribution >= 4 is 44.5 Å². The van der Waals surface area contributed by atoms with Crippen LogP contribution in [0, 0.1) is 6.92 Å². The molecule has 0 radical (unpaired) electrons. The molecule has 2 aromatic carbocycles. The summed E-state index contributed by atoms with van der Waals surface area (Å²) < 4.78 is 11.2. The van der Waals surface area contributed by atoms with Crippen LogP contribution in [0.1, 0.15) is 38.3 Å². The Kier molecular flexibility index (Phi) is 6.33. The average Bonchev–Trinajstić information content (AvgIpc) is 3.46. The molecule has 0 atom stereocenters. The van der Waals surface area contributed by atoms with E-state index in [0.29, 0.717) is 26.3 Å². The van der Waals surface area contributed by atoms with Gasteiger partial charge in [-0.15, -0.1) is 10.2 Å². The van der Waals surface area contributed by atoms with Gasteiger partial charge in [-0.3, -0.25) is 13.7 Å². The third kappa shape index (κ3) is 4.13. The molecule has 7 rings (SSSR count). The smallest absolute Gasteiger partial charge is 0.329 e. The second-order valence-corrected chi connectivity index (χ2v) is 11.1. The monoisotopic (exact) mass is 556 g/mol. The Morgan fingerprint density at radius 2 is 1.41 bits per heavy atom. The third-order valence-electron chi connectivity index (χ3n) is 8.82. The SMILES string of the molecule is CCn1c(=O)n(CC)c2cc3c(N4CCC(n5c(=O)[nH]c6cc(C)ccc65)CC4)nnc(N4CCOCC4)c3cc21. The molecule has 3 aromatic heterocycles. The van der Waals surface area contributed by atoms with Crippen LogP contribution in [0.5, 0.6) is 0 Å². The molecule has 0 saturated carbocycles. The van der Waals surface area contributed by atoms with Crippen LogP contribution < -0.4 is 21.2 Å². The Morgan fingerprint density at radius 1 is 0.829 bits per heavy atom.